The number of hydrogen-bond donors (Lipinski definition) is 1. The minimum Gasteiger partial charge on any atom is -0.507 e. The summed E-state index contributed by atoms with van der Waals surface area (Å²) >= 11 is 1.04. The van der Waals surface area contributed by atoms with E-state index >= 15 is 0 Å². The number of benzene rings is 2. The number of Topliss-reactive ketones (excluding diaryl/α,β-unsaturated/α-hetero) is 1. The van der Waals surface area contributed by atoms with Crippen molar-refractivity contribution in [1.29, 1.82) is 0 Å². The number of ketones is 1. The number of amides is 1. The van der Waals surface area contributed by atoms with Crippen LogP contribution in [0.1, 0.15) is 34.6 Å². The fraction of sp³-hybridized carbons (Fsp3) is 0.167. The molecule has 2 aromatic carbocycles. The van der Waals surface area contributed by atoms with E-state index in [1.807, 2.05) is 0 Å². The minimum absolute atomic E-state index is 0.0423. The van der Waals surface area contributed by atoms with Crippen LogP contribution in [0.15, 0.2) is 65.6 Å². The van der Waals surface area contributed by atoms with Gasteiger partial charge in [0.2, 0.25) is 0 Å². The smallest absolute Gasteiger partial charge is 0.357 e. The Bertz CT molecular complexity index is 1230. The molecule has 0 spiro atoms. The van der Waals surface area contributed by atoms with Gasteiger partial charge in [-0.05, 0) is 36.8 Å². The molecule has 3 aromatic rings. The Kier molecular flexibility index (Phi) is 6.23. The van der Waals surface area contributed by atoms with E-state index in [1.54, 1.807) is 61.5 Å². The van der Waals surface area contributed by atoms with E-state index in [1.165, 1.54) is 17.4 Å². The highest BCUT2D eigenvalue weighted by molar-refractivity contribution is 7.14. The molecule has 1 aliphatic rings. The zero-order valence-electron chi connectivity index (χ0n) is 17.8. The standard InChI is InChI=1S/C24H20N2O6S/c1-3-32-23(30)17-13-33-24(25-17)26-19(14-7-5-4-6-8-14)18(21(28)22(26)29)20(27)15-9-11-16(31-2)12-10-15/h4-13,19,27H,3H2,1-2H3/b20-18-. The second-order valence-corrected chi connectivity index (χ2v) is 7.88. The first-order chi connectivity index (χ1) is 16.0. The van der Waals surface area contributed by atoms with Crippen LogP contribution in [0.25, 0.3) is 5.76 Å². The van der Waals surface area contributed by atoms with E-state index in [4.69, 9.17) is 9.47 Å². The number of ether oxygens (including phenoxy) is 2. The lowest BCUT2D eigenvalue weighted by atomic mass is 9.95. The molecule has 1 aliphatic heterocycles. The van der Waals surface area contributed by atoms with E-state index in [0.717, 1.165) is 11.3 Å². The summed E-state index contributed by atoms with van der Waals surface area (Å²) in [6, 6.07) is 14.4. The Morgan fingerprint density at radius 2 is 1.82 bits per heavy atom. The number of carbonyl (C=O) groups excluding carboxylic acids is 3. The molecule has 33 heavy (non-hydrogen) atoms. The van der Waals surface area contributed by atoms with Gasteiger partial charge >= 0.3 is 11.9 Å². The van der Waals surface area contributed by atoms with Gasteiger partial charge in [-0.1, -0.05) is 30.3 Å². The molecule has 9 heteroatoms. The van der Waals surface area contributed by atoms with E-state index in [9.17, 15) is 19.5 Å². The lowest BCUT2D eigenvalue weighted by Crippen LogP contribution is -2.29. The van der Waals surface area contributed by atoms with Crippen LogP contribution in [0.2, 0.25) is 0 Å². The molecule has 1 amide bonds. The van der Waals surface area contributed by atoms with E-state index in [0.29, 0.717) is 16.9 Å². The van der Waals surface area contributed by atoms with Crippen molar-refractivity contribution in [3.8, 4) is 5.75 Å². The number of methoxy groups -OCH3 is 1. The van der Waals surface area contributed by atoms with Crippen molar-refractivity contribution in [1.82, 2.24) is 4.98 Å². The van der Waals surface area contributed by atoms with Gasteiger partial charge in [0.15, 0.2) is 10.8 Å². The largest absolute Gasteiger partial charge is 0.507 e. The molecule has 0 saturated carbocycles. The molecule has 168 valence electrons. The minimum atomic E-state index is -0.922. The second-order valence-electron chi connectivity index (χ2n) is 7.04. The third-order valence-electron chi connectivity index (χ3n) is 5.11. The molecule has 0 bridgehead atoms. The van der Waals surface area contributed by atoms with Gasteiger partial charge in [0.05, 0.1) is 25.3 Å². The zero-order valence-corrected chi connectivity index (χ0v) is 18.7. The Morgan fingerprint density at radius 1 is 1.12 bits per heavy atom. The van der Waals surface area contributed by atoms with Gasteiger partial charge in [-0.2, -0.15) is 0 Å². The van der Waals surface area contributed by atoms with Gasteiger partial charge in [0.25, 0.3) is 5.78 Å². The van der Waals surface area contributed by atoms with Crippen LogP contribution < -0.4 is 9.64 Å². The predicted octanol–water partition coefficient (Wildman–Crippen LogP) is 3.95. The predicted molar refractivity (Wildman–Crippen MR) is 122 cm³/mol. The summed E-state index contributed by atoms with van der Waals surface area (Å²) in [6.45, 7) is 1.86. The summed E-state index contributed by atoms with van der Waals surface area (Å²) in [5, 5.41) is 12.7. The lowest BCUT2D eigenvalue weighted by molar-refractivity contribution is -0.132. The topological polar surface area (TPSA) is 106 Å². The highest BCUT2D eigenvalue weighted by Crippen LogP contribution is 2.43. The summed E-state index contributed by atoms with van der Waals surface area (Å²) in [5.74, 6) is -2.03. The fourth-order valence-electron chi connectivity index (χ4n) is 3.56. The monoisotopic (exact) mass is 464 g/mol. The Hall–Kier alpha value is -3.98. The summed E-state index contributed by atoms with van der Waals surface area (Å²) in [6.07, 6.45) is 0. The summed E-state index contributed by atoms with van der Waals surface area (Å²) in [5.41, 5.74) is 0.950. The number of nitrogens with zero attached hydrogens (tertiary/aromatic N) is 2. The van der Waals surface area contributed by atoms with Gasteiger partial charge in [0, 0.05) is 10.9 Å². The van der Waals surface area contributed by atoms with Gasteiger partial charge in [-0.25, -0.2) is 9.78 Å². The van der Waals surface area contributed by atoms with Crippen LogP contribution >= 0.6 is 11.3 Å². The van der Waals surface area contributed by atoms with Crippen molar-refractivity contribution >= 4 is 39.9 Å². The Labute approximate surface area is 193 Å². The maximum atomic E-state index is 13.1. The number of aliphatic hydroxyl groups is 1. The quantitative estimate of drug-likeness (QED) is 0.255. The maximum absolute atomic E-state index is 13.1. The summed E-state index contributed by atoms with van der Waals surface area (Å²) in [7, 11) is 1.52. The highest BCUT2D eigenvalue weighted by atomic mass is 32.1. The van der Waals surface area contributed by atoms with Crippen LogP contribution in [-0.4, -0.2) is 41.5 Å². The molecule has 1 aromatic heterocycles. The van der Waals surface area contributed by atoms with Crippen LogP contribution in [0, 0.1) is 0 Å². The van der Waals surface area contributed by atoms with Crippen LogP contribution in [0.3, 0.4) is 0 Å². The zero-order chi connectivity index (χ0) is 23.5. The average Bonchev–Trinajstić information content (AvgIpc) is 3.43. The van der Waals surface area contributed by atoms with Crippen molar-refractivity contribution in [2.24, 2.45) is 0 Å². The fourth-order valence-corrected chi connectivity index (χ4v) is 4.38. The van der Waals surface area contributed by atoms with E-state index < -0.39 is 23.7 Å². The second kappa shape index (κ2) is 9.25. The first-order valence-corrected chi connectivity index (χ1v) is 11.0. The van der Waals surface area contributed by atoms with Gasteiger partial charge < -0.3 is 14.6 Å². The number of esters is 1. The number of aliphatic hydroxyl groups excluding tert-OH is 1. The average molecular weight is 464 g/mol. The third-order valence-corrected chi connectivity index (χ3v) is 5.95. The van der Waals surface area contributed by atoms with Gasteiger partial charge in [-0.15, -0.1) is 11.3 Å². The van der Waals surface area contributed by atoms with Crippen LogP contribution in [0.4, 0.5) is 5.13 Å². The highest BCUT2D eigenvalue weighted by Gasteiger charge is 2.48. The third kappa shape index (κ3) is 4.10. The van der Waals surface area contributed by atoms with Crippen molar-refractivity contribution < 1.29 is 29.0 Å². The molecule has 1 fully saturated rings. The number of carbonyl (C=O) groups is 3. The molecule has 1 atom stereocenters. The van der Waals surface area contributed by atoms with Crippen molar-refractivity contribution in [3.05, 3.63) is 82.4 Å². The molecule has 1 N–H and O–H groups in total. The molecular formula is C24H20N2O6S. The van der Waals surface area contributed by atoms with Crippen LogP contribution in [0.5, 0.6) is 5.75 Å². The SMILES string of the molecule is CCOC(=O)c1csc(N2C(=O)C(=O)/C(=C(\O)c3ccc(OC)cc3)C2c2ccccc2)n1. The van der Waals surface area contributed by atoms with Crippen molar-refractivity contribution in [2.45, 2.75) is 13.0 Å². The maximum Gasteiger partial charge on any atom is 0.357 e. The van der Waals surface area contributed by atoms with Crippen molar-refractivity contribution in [2.75, 3.05) is 18.6 Å². The number of thiazole rings is 1. The normalized spacial score (nSPS) is 17.3. The van der Waals surface area contributed by atoms with Crippen LogP contribution in [-0.2, 0) is 14.3 Å². The summed E-state index contributed by atoms with van der Waals surface area (Å²) in [4.78, 5) is 43.7. The van der Waals surface area contributed by atoms with E-state index in [-0.39, 0.29) is 28.8 Å². The number of aromatic nitrogens is 1. The number of anilines is 1. The summed E-state index contributed by atoms with van der Waals surface area (Å²) < 4.78 is 10.1. The molecule has 8 nitrogen and oxygen atoms in total. The first kappa shape index (κ1) is 22.2. The van der Waals surface area contributed by atoms with Crippen molar-refractivity contribution in [3.63, 3.8) is 0 Å². The molecule has 2 heterocycles. The van der Waals surface area contributed by atoms with Gasteiger partial charge in [-0.3, -0.25) is 14.5 Å². The lowest BCUT2D eigenvalue weighted by Gasteiger charge is -2.22. The Morgan fingerprint density at radius 3 is 2.45 bits per heavy atom. The molecule has 0 radical (unpaired) electrons. The van der Waals surface area contributed by atoms with E-state index in [2.05, 4.69) is 4.98 Å². The number of hydrogen-bond acceptors (Lipinski definition) is 8. The Balaban J connectivity index is 1.85. The van der Waals surface area contributed by atoms with Gasteiger partial charge in [0.1, 0.15) is 11.5 Å². The molecule has 1 saturated heterocycles. The number of rotatable bonds is 6. The molecule has 4 rings (SSSR count). The molecule has 0 aliphatic carbocycles. The first-order valence-electron chi connectivity index (χ1n) is 10.1. The molecular weight excluding hydrogens is 444 g/mol. The molecule has 1 unspecified atom stereocenters.